The van der Waals surface area contributed by atoms with E-state index in [0.29, 0.717) is 30.8 Å². The maximum atomic E-state index is 13.6. The molecule has 0 fully saturated rings. The zero-order chi connectivity index (χ0) is 25.1. The van der Waals surface area contributed by atoms with E-state index in [2.05, 4.69) is 61.9 Å². The van der Waals surface area contributed by atoms with Gasteiger partial charge in [-0.3, -0.25) is 9.55 Å². The number of pyridine rings is 1. The van der Waals surface area contributed by atoms with Crippen LogP contribution >= 0.6 is 0 Å². The molecule has 0 aliphatic carbocycles. The molecule has 0 radical (unpaired) electrons. The van der Waals surface area contributed by atoms with E-state index < -0.39 is 0 Å². The molecule has 0 aliphatic heterocycles. The normalized spacial score (nSPS) is 11.4. The molecule has 4 aromatic heterocycles. The second kappa shape index (κ2) is 10.0. The first-order valence-corrected chi connectivity index (χ1v) is 11.9. The lowest BCUT2D eigenvalue weighted by Crippen LogP contribution is -2.27. The van der Waals surface area contributed by atoms with E-state index in [-0.39, 0.29) is 5.69 Å². The summed E-state index contributed by atoms with van der Waals surface area (Å²) in [6, 6.07) is 9.91. The highest BCUT2D eigenvalue weighted by Crippen LogP contribution is 2.26. The Kier molecular flexibility index (Phi) is 6.48. The zero-order valence-corrected chi connectivity index (χ0v) is 20.4. The summed E-state index contributed by atoms with van der Waals surface area (Å²) in [4.78, 5) is 17.9. The lowest BCUT2D eigenvalue weighted by Gasteiger charge is -2.12. The minimum Gasteiger partial charge on any atom is -0.291 e. The molecule has 12 heteroatoms. The second-order valence-corrected chi connectivity index (χ2v) is 9.02. The molecule has 12 nitrogen and oxygen atoms in total. The Morgan fingerprint density at radius 2 is 1.83 bits per heavy atom. The average molecular weight is 486 g/mol. The van der Waals surface area contributed by atoms with Gasteiger partial charge in [-0.05, 0) is 55.9 Å². The molecular weight excluding hydrogens is 458 g/mol. The molecule has 0 aliphatic rings. The molecule has 184 valence electrons. The van der Waals surface area contributed by atoms with Crippen LogP contribution in [0.5, 0.6) is 0 Å². The number of rotatable bonds is 9. The molecule has 0 saturated heterocycles. The number of aryl methyl sites for hydroxylation is 1. The predicted octanol–water partition coefficient (Wildman–Crippen LogP) is 2.52. The van der Waals surface area contributed by atoms with Crippen LogP contribution in [0, 0.1) is 5.92 Å². The van der Waals surface area contributed by atoms with Crippen molar-refractivity contribution >= 4 is 0 Å². The van der Waals surface area contributed by atoms with Crippen molar-refractivity contribution in [2.24, 2.45) is 5.92 Å². The summed E-state index contributed by atoms with van der Waals surface area (Å²) in [5, 5.41) is 26.0. The van der Waals surface area contributed by atoms with E-state index >= 15 is 0 Å². The molecule has 0 amide bonds. The van der Waals surface area contributed by atoms with Crippen molar-refractivity contribution in [2.45, 2.75) is 46.7 Å². The molecule has 0 unspecified atom stereocenters. The van der Waals surface area contributed by atoms with E-state index in [1.165, 1.54) is 0 Å². The minimum atomic E-state index is -0.179. The molecule has 36 heavy (non-hydrogen) atoms. The van der Waals surface area contributed by atoms with Gasteiger partial charge in [-0.1, -0.05) is 56.6 Å². The van der Waals surface area contributed by atoms with Gasteiger partial charge in [0.2, 0.25) is 0 Å². The highest BCUT2D eigenvalue weighted by atomic mass is 16.2. The number of H-pyrrole nitrogens is 1. The fourth-order valence-corrected chi connectivity index (χ4v) is 4.23. The van der Waals surface area contributed by atoms with E-state index in [4.69, 9.17) is 0 Å². The third-order valence-corrected chi connectivity index (χ3v) is 5.88. The number of tetrazole rings is 2. The number of nitrogens with zero attached hydrogens (tertiary/aromatic N) is 10. The van der Waals surface area contributed by atoms with Gasteiger partial charge in [0.05, 0.1) is 6.54 Å². The van der Waals surface area contributed by atoms with Crippen LogP contribution in [0.15, 0.2) is 53.7 Å². The lowest BCUT2D eigenvalue weighted by molar-refractivity contribution is 0.465. The van der Waals surface area contributed by atoms with E-state index in [9.17, 15) is 4.79 Å². The lowest BCUT2D eigenvalue weighted by atomic mass is 10.00. The maximum absolute atomic E-state index is 13.6. The number of hydrogen-bond donors (Lipinski definition) is 1. The molecule has 5 rings (SSSR count). The first kappa shape index (κ1) is 23.3. The van der Waals surface area contributed by atoms with Crippen molar-refractivity contribution in [3.05, 3.63) is 70.7 Å². The van der Waals surface area contributed by atoms with Gasteiger partial charge in [-0.15, -0.1) is 5.10 Å². The fourth-order valence-electron chi connectivity index (χ4n) is 4.23. The highest BCUT2D eigenvalue weighted by molar-refractivity contribution is 5.69. The van der Waals surface area contributed by atoms with Gasteiger partial charge in [-0.2, -0.15) is 0 Å². The van der Waals surface area contributed by atoms with Crippen LogP contribution in [0.4, 0.5) is 0 Å². The monoisotopic (exact) mass is 485 g/mol. The Labute approximate surface area is 207 Å². The van der Waals surface area contributed by atoms with Gasteiger partial charge >= 0.3 is 5.69 Å². The topological polar surface area (TPSA) is 138 Å². The van der Waals surface area contributed by atoms with Crippen LogP contribution in [-0.2, 0) is 19.5 Å². The van der Waals surface area contributed by atoms with Crippen molar-refractivity contribution in [2.75, 3.05) is 0 Å². The Balaban J connectivity index is 1.51. The minimum absolute atomic E-state index is 0.179. The largest absolute Gasteiger partial charge is 0.335 e. The van der Waals surface area contributed by atoms with E-state index in [1.54, 1.807) is 20.0 Å². The second-order valence-electron chi connectivity index (χ2n) is 9.02. The van der Waals surface area contributed by atoms with Gasteiger partial charge in [-0.25, -0.2) is 19.1 Å². The summed E-state index contributed by atoms with van der Waals surface area (Å²) in [5.74, 6) is 1.37. The Morgan fingerprint density at radius 1 is 1.03 bits per heavy atom. The quantitative estimate of drug-likeness (QED) is 0.336. The predicted molar refractivity (Wildman–Crippen MR) is 132 cm³/mol. The molecule has 0 saturated carbocycles. The van der Waals surface area contributed by atoms with Gasteiger partial charge < -0.3 is 0 Å². The summed E-state index contributed by atoms with van der Waals surface area (Å²) < 4.78 is 5.00. The van der Waals surface area contributed by atoms with Crippen LogP contribution in [0.1, 0.15) is 38.4 Å². The van der Waals surface area contributed by atoms with Gasteiger partial charge in [0, 0.05) is 36.4 Å². The number of imidazole rings is 1. The Bertz CT molecular complexity index is 1490. The molecule has 0 bridgehead atoms. The van der Waals surface area contributed by atoms with E-state index in [1.807, 2.05) is 42.7 Å². The standard InChI is InChI=1S/C24H27N11O/c1-4-5-20-15-34(23-28-31-32-35(23)13-16(2)3)24(36)33(20)14-19-12-25-11-10-21(19)17-6-8-18(9-7-17)22-26-29-30-27-22/h6-12,15-16H,4-5,13-14H2,1-3H3,(H,26,27,29,30). The first-order chi connectivity index (χ1) is 17.5. The number of aromatic nitrogens is 11. The van der Waals surface area contributed by atoms with Crippen molar-refractivity contribution in [1.29, 1.82) is 0 Å². The Hall–Kier alpha value is -4.48. The van der Waals surface area contributed by atoms with Crippen molar-refractivity contribution in [3.8, 4) is 28.5 Å². The average Bonchev–Trinajstić information content (AvgIpc) is 3.63. The SMILES string of the molecule is CCCc1cn(-c2nnnn2CC(C)C)c(=O)n1Cc1cnccc1-c1ccc(-c2nnn[nH]2)cc1. The van der Waals surface area contributed by atoms with Crippen molar-refractivity contribution < 1.29 is 0 Å². The molecule has 0 spiro atoms. The third kappa shape index (κ3) is 4.57. The molecule has 1 aromatic carbocycles. The smallest absolute Gasteiger partial charge is 0.291 e. The number of benzene rings is 1. The van der Waals surface area contributed by atoms with Gasteiger partial charge in [0.15, 0.2) is 5.82 Å². The van der Waals surface area contributed by atoms with Gasteiger partial charge in [0.25, 0.3) is 5.95 Å². The van der Waals surface area contributed by atoms with Crippen LogP contribution in [0.3, 0.4) is 0 Å². The van der Waals surface area contributed by atoms with Crippen molar-refractivity contribution in [3.63, 3.8) is 0 Å². The fraction of sp³-hybridized carbons (Fsp3) is 0.333. The Morgan fingerprint density at radius 3 is 2.56 bits per heavy atom. The van der Waals surface area contributed by atoms with E-state index in [0.717, 1.165) is 40.8 Å². The van der Waals surface area contributed by atoms with Gasteiger partial charge in [0.1, 0.15) is 0 Å². The highest BCUT2D eigenvalue weighted by Gasteiger charge is 2.19. The molecule has 5 aromatic rings. The first-order valence-electron chi connectivity index (χ1n) is 11.9. The van der Waals surface area contributed by atoms with Crippen molar-refractivity contribution in [1.82, 2.24) is 54.9 Å². The number of nitrogens with one attached hydrogen (secondary N) is 1. The van der Waals surface area contributed by atoms with Crippen LogP contribution < -0.4 is 5.69 Å². The molecular formula is C24H27N11O. The summed E-state index contributed by atoms with van der Waals surface area (Å²) in [7, 11) is 0. The molecule has 1 N–H and O–H groups in total. The maximum Gasteiger partial charge on any atom is 0.335 e. The molecule has 4 heterocycles. The zero-order valence-electron chi connectivity index (χ0n) is 20.4. The number of hydrogen-bond acceptors (Lipinski definition) is 8. The summed E-state index contributed by atoms with van der Waals surface area (Å²) in [6.45, 7) is 7.26. The number of aromatic amines is 1. The van der Waals surface area contributed by atoms with Crippen LogP contribution in [0.2, 0.25) is 0 Å². The summed E-state index contributed by atoms with van der Waals surface area (Å²) in [6.07, 6.45) is 7.08. The summed E-state index contributed by atoms with van der Waals surface area (Å²) in [5.41, 5.74) is 4.57. The molecule has 0 atom stereocenters. The van der Waals surface area contributed by atoms with Crippen LogP contribution in [-0.4, -0.2) is 54.9 Å². The summed E-state index contributed by atoms with van der Waals surface area (Å²) >= 11 is 0. The third-order valence-electron chi connectivity index (χ3n) is 5.88. The van der Waals surface area contributed by atoms with Crippen LogP contribution in [0.25, 0.3) is 28.5 Å².